The third-order valence-electron chi connectivity index (χ3n) is 4.74. The number of halogens is 2. The van der Waals surface area contributed by atoms with Gasteiger partial charge < -0.3 is 4.90 Å². The molecule has 0 bridgehead atoms. The van der Waals surface area contributed by atoms with Gasteiger partial charge >= 0.3 is 0 Å². The van der Waals surface area contributed by atoms with Crippen LogP contribution in [0.4, 0.5) is 5.69 Å². The molecule has 19 heavy (non-hydrogen) atoms. The Hall–Kier alpha value is -0.0200. The SMILES string of the molecule is BrCc1ccc(Br)cc1N1CCCC2CCCCC21. The number of anilines is 1. The van der Waals surface area contributed by atoms with Crippen molar-refractivity contribution in [2.75, 3.05) is 11.4 Å². The Morgan fingerprint density at radius 3 is 2.74 bits per heavy atom. The van der Waals surface area contributed by atoms with Crippen molar-refractivity contribution in [3.05, 3.63) is 28.2 Å². The van der Waals surface area contributed by atoms with E-state index in [1.54, 1.807) is 0 Å². The molecule has 3 rings (SSSR count). The molecule has 0 radical (unpaired) electrons. The average Bonchev–Trinajstić information content (AvgIpc) is 2.46. The van der Waals surface area contributed by atoms with Crippen LogP contribution in [0.1, 0.15) is 44.1 Å². The van der Waals surface area contributed by atoms with Crippen molar-refractivity contribution < 1.29 is 0 Å². The van der Waals surface area contributed by atoms with Gasteiger partial charge in [0.05, 0.1) is 0 Å². The molecule has 1 aliphatic heterocycles. The van der Waals surface area contributed by atoms with Crippen molar-refractivity contribution in [2.24, 2.45) is 5.92 Å². The summed E-state index contributed by atoms with van der Waals surface area (Å²) in [6, 6.07) is 7.51. The summed E-state index contributed by atoms with van der Waals surface area (Å²) in [7, 11) is 0. The molecule has 2 unspecified atom stereocenters. The number of hydrogen-bond donors (Lipinski definition) is 0. The third-order valence-corrected chi connectivity index (χ3v) is 5.84. The lowest BCUT2D eigenvalue weighted by Crippen LogP contribution is -2.47. The van der Waals surface area contributed by atoms with E-state index >= 15 is 0 Å². The zero-order chi connectivity index (χ0) is 13.2. The maximum atomic E-state index is 3.65. The van der Waals surface area contributed by atoms with E-state index in [9.17, 15) is 0 Å². The summed E-state index contributed by atoms with van der Waals surface area (Å²) in [4.78, 5) is 2.70. The van der Waals surface area contributed by atoms with Gasteiger partial charge in [-0.05, 0) is 49.3 Å². The van der Waals surface area contributed by atoms with Crippen LogP contribution >= 0.6 is 31.9 Å². The predicted molar refractivity (Wildman–Crippen MR) is 89.1 cm³/mol. The van der Waals surface area contributed by atoms with E-state index in [0.29, 0.717) is 0 Å². The lowest BCUT2D eigenvalue weighted by molar-refractivity contribution is 0.243. The summed E-state index contributed by atoms with van der Waals surface area (Å²) in [6.45, 7) is 1.23. The molecule has 3 heteroatoms. The van der Waals surface area contributed by atoms with Crippen LogP contribution in [-0.4, -0.2) is 12.6 Å². The lowest BCUT2D eigenvalue weighted by Gasteiger charge is -2.46. The number of fused-ring (bicyclic) bond motifs is 1. The second kappa shape index (κ2) is 6.17. The van der Waals surface area contributed by atoms with E-state index in [2.05, 4.69) is 55.0 Å². The minimum absolute atomic E-state index is 0.787. The van der Waals surface area contributed by atoms with E-state index in [1.807, 2.05) is 0 Å². The van der Waals surface area contributed by atoms with E-state index in [-0.39, 0.29) is 0 Å². The van der Waals surface area contributed by atoms with Crippen LogP contribution in [0.5, 0.6) is 0 Å². The fourth-order valence-electron chi connectivity index (χ4n) is 3.84. The maximum Gasteiger partial charge on any atom is 0.0421 e. The second-order valence-corrected chi connectivity index (χ2v) is 7.33. The monoisotopic (exact) mass is 385 g/mol. The van der Waals surface area contributed by atoms with Crippen LogP contribution in [0, 0.1) is 5.92 Å². The molecule has 0 amide bonds. The molecule has 1 aliphatic carbocycles. The van der Waals surface area contributed by atoms with E-state index in [1.165, 1.54) is 60.8 Å². The number of rotatable bonds is 2. The van der Waals surface area contributed by atoms with Crippen molar-refractivity contribution >= 4 is 37.5 Å². The molecule has 1 saturated heterocycles. The van der Waals surface area contributed by atoms with Gasteiger partial charge in [-0.2, -0.15) is 0 Å². The van der Waals surface area contributed by atoms with Gasteiger partial charge in [0.25, 0.3) is 0 Å². The molecule has 0 N–H and O–H groups in total. The predicted octanol–water partition coefficient (Wildman–Crippen LogP) is 5.50. The Morgan fingerprint density at radius 1 is 1.11 bits per heavy atom. The molecule has 1 saturated carbocycles. The van der Waals surface area contributed by atoms with E-state index < -0.39 is 0 Å². The van der Waals surface area contributed by atoms with Crippen LogP contribution in [0.3, 0.4) is 0 Å². The van der Waals surface area contributed by atoms with Crippen LogP contribution < -0.4 is 4.90 Å². The summed E-state index contributed by atoms with van der Waals surface area (Å²) in [5.74, 6) is 0.935. The van der Waals surface area contributed by atoms with Gasteiger partial charge in [-0.1, -0.05) is 50.8 Å². The first-order valence-corrected chi connectivity index (χ1v) is 9.32. The van der Waals surface area contributed by atoms with Crippen LogP contribution in [0.25, 0.3) is 0 Å². The fourth-order valence-corrected chi connectivity index (χ4v) is 4.66. The van der Waals surface area contributed by atoms with Crippen LogP contribution in [-0.2, 0) is 5.33 Å². The van der Waals surface area contributed by atoms with Gasteiger partial charge in [0.1, 0.15) is 0 Å². The van der Waals surface area contributed by atoms with Crippen molar-refractivity contribution in [1.29, 1.82) is 0 Å². The van der Waals surface area contributed by atoms with Crippen molar-refractivity contribution in [3.8, 4) is 0 Å². The first kappa shape index (κ1) is 13.9. The number of hydrogen-bond acceptors (Lipinski definition) is 1. The molecule has 1 aromatic rings. The van der Waals surface area contributed by atoms with Gasteiger partial charge in [-0.3, -0.25) is 0 Å². The molecule has 2 fully saturated rings. The summed E-state index contributed by atoms with van der Waals surface area (Å²) in [6.07, 6.45) is 8.49. The number of alkyl halides is 1. The molecule has 2 aliphatic rings. The topological polar surface area (TPSA) is 3.24 Å². The van der Waals surface area contributed by atoms with E-state index in [0.717, 1.165) is 17.3 Å². The standard InChI is InChI=1S/C16H21Br2N/c17-11-13-7-8-14(18)10-16(13)19-9-3-5-12-4-1-2-6-15(12)19/h7-8,10,12,15H,1-6,9,11H2. The zero-order valence-electron chi connectivity index (χ0n) is 11.2. The van der Waals surface area contributed by atoms with Gasteiger partial charge in [0.15, 0.2) is 0 Å². The number of nitrogens with zero attached hydrogens (tertiary/aromatic N) is 1. The van der Waals surface area contributed by atoms with Crippen molar-refractivity contribution in [3.63, 3.8) is 0 Å². The Morgan fingerprint density at radius 2 is 1.89 bits per heavy atom. The molecular weight excluding hydrogens is 366 g/mol. The Balaban J connectivity index is 1.93. The molecule has 0 aromatic heterocycles. The Bertz CT molecular complexity index is 444. The molecule has 1 nitrogen and oxygen atoms in total. The molecule has 2 atom stereocenters. The fraction of sp³-hybridized carbons (Fsp3) is 0.625. The van der Waals surface area contributed by atoms with Gasteiger partial charge in [0, 0.05) is 28.1 Å². The Labute approximate surface area is 133 Å². The van der Waals surface area contributed by atoms with Gasteiger partial charge in [0.2, 0.25) is 0 Å². The minimum Gasteiger partial charge on any atom is -0.368 e. The molecule has 1 aromatic carbocycles. The summed E-state index contributed by atoms with van der Waals surface area (Å²) in [5.41, 5.74) is 2.87. The van der Waals surface area contributed by atoms with Crippen LogP contribution in [0.15, 0.2) is 22.7 Å². The van der Waals surface area contributed by atoms with Crippen LogP contribution in [0.2, 0.25) is 0 Å². The molecule has 0 spiro atoms. The third kappa shape index (κ3) is 2.87. The van der Waals surface area contributed by atoms with Crippen molar-refractivity contribution in [2.45, 2.75) is 49.9 Å². The maximum absolute atomic E-state index is 3.65. The lowest BCUT2D eigenvalue weighted by atomic mass is 9.78. The molecule has 1 heterocycles. The highest BCUT2D eigenvalue weighted by atomic mass is 79.9. The largest absolute Gasteiger partial charge is 0.368 e. The summed E-state index contributed by atoms with van der Waals surface area (Å²) >= 11 is 7.28. The van der Waals surface area contributed by atoms with Gasteiger partial charge in [-0.25, -0.2) is 0 Å². The number of benzene rings is 1. The first-order valence-electron chi connectivity index (χ1n) is 7.40. The van der Waals surface area contributed by atoms with E-state index in [4.69, 9.17) is 0 Å². The molecule has 104 valence electrons. The highest BCUT2D eigenvalue weighted by molar-refractivity contribution is 9.10. The smallest absolute Gasteiger partial charge is 0.0421 e. The Kier molecular flexibility index (Phi) is 4.53. The van der Waals surface area contributed by atoms with Crippen molar-refractivity contribution in [1.82, 2.24) is 0 Å². The highest BCUT2D eigenvalue weighted by Gasteiger charge is 2.33. The highest BCUT2D eigenvalue weighted by Crippen LogP contribution is 2.39. The zero-order valence-corrected chi connectivity index (χ0v) is 14.4. The summed E-state index contributed by atoms with van der Waals surface area (Å²) < 4.78 is 1.20. The average molecular weight is 387 g/mol. The summed E-state index contributed by atoms with van der Waals surface area (Å²) in [5, 5.41) is 0.948. The minimum atomic E-state index is 0.787. The number of piperidine rings is 1. The molecular formula is C16H21Br2N. The quantitative estimate of drug-likeness (QED) is 0.606. The normalized spacial score (nSPS) is 27.2. The first-order chi connectivity index (χ1) is 9.29. The van der Waals surface area contributed by atoms with Gasteiger partial charge in [-0.15, -0.1) is 0 Å². The second-order valence-electron chi connectivity index (χ2n) is 5.85.